The molecule has 2 amide bonds. The van der Waals surface area contributed by atoms with Crippen LogP contribution in [0.2, 0.25) is 0 Å². The van der Waals surface area contributed by atoms with Gasteiger partial charge in [0, 0.05) is 54.7 Å². The van der Waals surface area contributed by atoms with Crippen LogP contribution in [0.4, 0.5) is 0 Å². The third kappa shape index (κ3) is 5.19. The Morgan fingerprint density at radius 2 is 2.22 bits per heavy atom. The highest BCUT2D eigenvalue weighted by Gasteiger charge is 2.38. The maximum atomic E-state index is 12.8. The van der Waals surface area contributed by atoms with Gasteiger partial charge in [0.05, 0.1) is 11.7 Å². The molecular weight excluding hydrogens is 360 g/mol. The van der Waals surface area contributed by atoms with Gasteiger partial charge in [-0.25, -0.2) is 4.98 Å². The number of nitrogens with zero attached hydrogens (tertiary/aromatic N) is 3. The number of carbonyl (C=O) groups is 2. The molecule has 27 heavy (non-hydrogen) atoms. The molecule has 0 bridgehead atoms. The van der Waals surface area contributed by atoms with Crippen molar-refractivity contribution in [2.75, 3.05) is 19.6 Å². The summed E-state index contributed by atoms with van der Waals surface area (Å²) in [6, 6.07) is 4.23. The SMILES string of the molecule is Cc1ccc(CCNC(=O)C2(C)CCCN(C(=O)CCn3ccnc3)C2)s1. The highest BCUT2D eigenvalue weighted by Crippen LogP contribution is 2.30. The van der Waals surface area contributed by atoms with Gasteiger partial charge >= 0.3 is 0 Å². The molecule has 1 aliphatic heterocycles. The number of likely N-dealkylation sites (tertiary alicyclic amines) is 1. The molecule has 2 aromatic rings. The van der Waals surface area contributed by atoms with Gasteiger partial charge < -0.3 is 14.8 Å². The van der Waals surface area contributed by atoms with Gasteiger partial charge in [-0.1, -0.05) is 0 Å². The number of aromatic nitrogens is 2. The summed E-state index contributed by atoms with van der Waals surface area (Å²) in [5.74, 6) is 0.166. The number of aryl methyl sites for hydroxylation is 2. The maximum Gasteiger partial charge on any atom is 0.227 e. The summed E-state index contributed by atoms with van der Waals surface area (Å²) in [6.45, 7) is 6.57. The Hall–Kier alpha value is -2.15. The van der Waals surface area contributed by atoms with Crippen molar-refractivity contribution in [3.05, 3.63) is 40.6 Å². The zero-order chi connectivity index (χ0) is 19.3. The fraction of sp³-hybridized carbons (Fsp3) is 0.550. The highest BCUT2D eigenvalue weighted by atomic mass is 32.1. The Bertz CT molecular complexity index is 771. The van der Waals surface area contributed by atoms with Crippen LogP contribution < -0.4 is 5.32 Å². The van der Waals surface area contributed by atoms with Crippen molar-refractivity contribution in [2.24, 2.45) is 5.41 Å². The fourth-order valence-corrected chi connectivity index (χ4v) is 4.46. The van der Waals surface area contributed by atoms with Crippen LogP contribution in [-0.2, 0) is 22.6 Å². The molecule has 0 spiro atoms. The Balaban J connectivity index is 1.48. The van der Waals surface area contributed by atoms with Crippen molar-refractivity contribution in [3.8, 4) is 0 Å². The van der Waals surface area contributed by atoms with E-state index in [1.807, 2.05) is 22.6 Å². The molecule has 7 heteroatoms. The quantitative estimate of drug-likeness (QED) is 0.793. The van der Waals surface area contributed by atoms with E-state index in [2.05, 4.69) is 29.4 Å². The van der Waals surface area contributed by atoms with Gasteiger partial charge in [-0.3, -0.25) is 9.59 Å². The Labute approximate surface area is 164 Å². The van der Waals surface area contributed by atoms with E-state index in [0.29, 0.717) is 26.1 Å². The number of piperidine rings is 1. The molecule has 1 fully saturated rings. The number of carbonyl (C=O) groups excluding carboxylic acids is 2. The number of hydrogen-bond acceptors (Lipinski definition) is 4. The lowest BCUT2D eigenvalue weighted by Gasteiger charge is -2.39. The lowest BCUT2D eigenvalue weighted by atomic mass is 9.80. The standard InChI is InChI=1S/C20H28N4O2S/c1-16-4-5-17(27-16)6-9-22-19(26)20(2)8-3-11-24(14-20)18(25)7-12-23-13-10-21-15-23/h4-5,10,13,15H,3,6-9,11-12,14H2,1-2H3,(H,22,26). The van der Waals surface area contributed by atoms with Gasteiger partial charge in [0.1, 0.15) is 0 Å². The minimum atomic E-state index is -0.506. The molecule has 3 heterocycles. The number of hydrogen-bond donors (Lipinski definition) is 1. The van der Waals surface area contributed by atoms with Crippen molar-refractivity contribution >= 4 is 23.2 Å². The summed E-state index contributed by atoms with van der Waals surface area (Å²) in [5, 5.41) is 3.08. The molecule has 2 aromatic heterocycles. The van der Waals surface area contributed by atoms with Crippen molar-refractivity contribution in [1.29, 1.82) is 0 Å². The monoisotopic (exact) mass is 388 g/mol. The molecule has 0 radical (unpaired) electrons. The van der Waals surface area contributed by atoms with Crippen molar-refractivity contribution in [1.82, 2.24) is 19.8 Å². The van der Waals surface area contributed by atoms with Crippen LogP contribution in [0.3, 0.4) is 0 Å². The van der Waals surface area contributed by atoms with Crippen molar-refractivity contribution in [3.63, 3.8) is 0 Å². The summed E-state index contributed by atoms with van der Waals surface area (Å²) >= 11 is 1.77. The molecule has 0 aliphatic carbocycles. The highest BCUT2D eigenvalue weighted by molar-refractivity contribution is 7.11. The van der Waals surface area contributed by atoms with Gasteiger partial charge in [0.25, 0.3) is 0 Å². The number of imidazole rings is 1. The van der Waals surface area contributed by atoms with Crippen LogP contribution in [0.25, 0.3) is 0 Å². The first kappa shape index (κ1) is 19.6. The summed E-state index contributed by atoms with van der Waals surface area (Å²) in [5.41, 5.74) is -0.506. The summed E-state index contributed by atoms with van der Waals surface area (Å²) in [4.78, 5) is 33.8. The largest absolute Gasteiger partial charge is 0.355 e. The predicted octanol–water partition coefficient (Wildman–Crippen LogP) is 2.63. The van der Waals surface area contributed by atoms with Crippen molar-refractivity contribution < 1.29 is 9.59 Å². The van der Waals surface area contributed by atoms with E-state index in [1.54, 1.807) is 23.9 Å². The van der Waals surface area contributed by atoms with Crippen LogP contribution >= 0.6 is 11.3 Å². The van der Waals surface area contributed by atoms with E-state index in [0.717, 1.165) is 25.8 Å². The van der Waals surface area contributed by atoms with E-state index in [9.17, 15) is 9.59 Å². The topological polar surface area (TPSA) is 67.2 Å². The van der Waals surface area contributed by atoms with Gasteiger partial charge in [-0.15, -0.1) is 11.3 Å². The molecular formula is C20H28N4O2S. The van der Waals surface area contributed by atoms with E-state index >= 15 is 0 Å². The lowest BCUT2D eigenvalue weighted by molar-refractivity contribution is -0.140. The van der Waals surface area contributed by atoms with Crippen molar-refractivity contribution in [2.45, 2.75) is 46.1 Å². The fourth-order valence-electron chi connectivity index (χ4n) is 3.57. The average molecular weight is 389 g/mol. The second-order valence-corrected chi connectivity index (χ2v) is 8.92. The van der Waals surface area contributed by atoms with Crippen LogP contribution in [0.1, 0.15) is 35.9 Å². The molecule has 1 aliphatic rings. The molecule has 1 atom stereocenters. The zero-order valence-electron chi connectivity index (χ0n) is 16.1. The number of nitrogens with one attached hydrogen (secondary N) is 1. The second-order valence-electron chi connectivity index (χ2n) is 7.55. The molecule has 3 rings (SSSR count). The Morgan fingerprint density at radius 3 is 2.93 bits per heavy atom. The summed E-state index contributed by atoms with van der Waals surface area (Å²) in [7, 11) is 0. The van der Waals surface area contributed by atoms with E-state index in [1.165, 1.54) is 9.75 Å². The Kier molecular flexibility index (Phi) is 6.31. The zero-order valence-corrected chi connectivity index (χ0v) is 16.9. The second kappa shape index (κ2) is 8.69. The van der Waals surface area contributed by atoms with E-state index in [-0.39, 0.29) is 11.8 Å². The van der Waals surface area contributed by atoms with E-state index in [4.69, 9.17) is 0 Å². The first-order chi connectivity index (χ1) is 13.0. The normalized spacial score (nSPS) is 19.9. The van der Waals surface area contributed by atoms with Gasteiger partial charge in [0.15, 0.2) is 0 Å². The van der Waals surface area contributed by atoms with Gasteiger partial charge in [-0.05, 0) is 45.2 Å². The van der Waals surface area contributed by atoms with Crippen LogP contribution in [-0.4, -0.2) is 45.9 Å². The van der Waals surface area contributed by atoms with Gasteiger partial charge in [-0.2, -0.15) is 0 Å². The number of thiophene rings is 1. The van der Waals surface area contributed by atoms with E-state index < -0.39 is 5.41 Å². The molecule has 6 nitrogen and oxygen atoms in total. The lowest BCUT2D eigenvalue weighted by Crippen LogP contribution is -2.52. The van der Waals surface area contributed by atoms with Crippen LogP contribution in [0, 0.1) is 12.3 Å². The number of rotatable bonds is 7. The minimum absolute atomic E-state index is 0.0582. The third-order valence-electron chi connectivity index (χ3n) is 5.19. The molecule has 0 saturated carbocycles. The maximum absolute atomic E-state index is 12.8. The third-order valence-corrected chi connectivity index (χ3v) is 6.25. The van der Waals surface area contributed by atoms with Gasteiger partial charge in [0.2, 0.25) is 11.8 Å². The molecule has 1 N–H and O–H groups in total. The number of amides is 2. The summed E-state index contributed by atoms with van der Waals surface area (Å²) in [6.07, 6.45) is 8.27. The van der Waals surface area contributed by atoms with Crippen LogP contribution in [0.5, 0.6) is 0 Å². The first-order valence-corrected chi connectivity index (χ1v) is 10.3. The van der Waals surface area contributed by atoms with Crippen LogP contribution in [0.15, 0.2) is 30.9 Å². The molecule has 1 saturated heterocycles. The average Bonchev–Trinajstić information content (AvgIpc) is 3.31. The predicted molar refractivity (Wildman–Crippen MR) is 107 cm³/mol. The minimum Gasteiger partial charge on any atom is -0.355 e. The first-order valence-electron chi connectivity index (χ1n) is 9.53. The molecule has 1 unspecified atom stereocenters. The molecule has 0 aromatic carbocycles. The smallest absolute Gasteiger partial charge is 0.227 e. The Morgan fingerprint density at radius 1 is 1.37 bits per heavy atom. The summed E-state index contributed by atoms with van der Waals surface area (Å²) < 4.78 is 1.90. The molecule has 146 valence electrons.